The number of nitrogens with one attached hydrogen (secondary N) is 1. The molecule has 3 rings (SSSR count). The maximum absolute atomic E-state index is 11.9. The van der Waals surface area contributed by atoms with Crippen molar-refractivity contribution in [1.29, 1.82) is 0 Å². The average molecular weight is 248 g/mol. The molecule has 1 amide bonds. The van der Waals surface area contributed by atoms with Crippen LogP contribution < -0.4 is 5.32 Å². The fourth-order valence-electron chi connectivity index (χ4n) is 2.87. The van der Waals surface area contributed by atoms with Crippen molar-refractivity contribution in [2.75, 3.05) is 5.32 Å². The van der Waals surface area contributed by atoms with Crippen molar-refractivity contribution in [2.24, 2.45) is 5.92 Å². The third-order valence-corrected chi connectivity index (χ3v) is 3.72. The van der Waals surface area contributed by atoms with Crippen LogP contribution in [0.3, 0.4) is 0 Å². The first-order chi connectivity index (χ1) is 8.72. The maximum Gasteiger partial charge on any atom is 0.226 e. The molecule has 0 spiro atoms. The van der Waals surface area contributed by atoms with Gasteiger partial charge in [0.2, 0.25) is 5.91 Å². The first-order valence-electron chi connectivity index (χ1n) is 6.31. The van der Waals surface area contributed by atoms with E-state index in [1.54, 1.807) is 6.07 Å². The molecule has 2 bridgehead atoms. The van der Waals surface area contributed by atoms with Crippen LogP contribution in [0.2, 0.25) is 0 Å². The predicted molar refractivity (Wildman–Crippen MR) is 65.2 cm³/mol. The Bertz CT molecular complexity index is 463. The van der Waals surface area contributed by atoms with Crippen molar-refractivity contribution in [3.63, 3.8) is 0 Å². The van der Waals surface area contributed by atoms with Crippen molar-refractivity contribution < 1.29 is 14.6 Å². The van der Waals surface area contributed by atoms with Gasteiger partial charge in [0, 0.05) is 12.6 Å². The molecule has 0 radical (unpaired) electrons. The van der Waals surface area contributed by atoms with E-state index in [2.05, 4.69) is 10.3 Å². The van der Waals surface area contributed by atoms with Gasteiger partial charge < -0.3 is 15.2 Å². The van der Waals surface area contributed by atoms with E-state index in [0.717, 1.165) is 19.3 Å². The van der Waals surface area contributed by atoms with Crippen molar-refractivity contribution in [3.8, 4) is 5.75 Å². The summed E-state index contributed by atoms with van der Waals surface area (Å²) in [4.78, 5) is 15.8. The van der Waals surface area contributed by atoms with E-state index < -0.39 is 0 Å². The largest absolute Gasteiger partial charge is 0.504 e. The summed E-state index contributed by atoms with van der Waals surface area (Å²) >= 11 is 0. The quantitative estimate of drug-likeness (QED) is 0.853. The zero-order valence-electron chi connectivity index (χ0n) is 10.0. The van der Waals surface area contributed by atoms with Crippen molar-refractivity contribution in [1.82, 2.24) is 4.98 Å². The monoisotopic (exact) mass is 248 g/mol. The summed E-state index contributed by atoms with van der Waals surface area (Å²) in [6.07, 6.45) is 5.76. The molecular formula is C13H16N2O3. The van der Waals surface area contributed by atoms with Gasteiger partial charge >= 0.3 is 0 Å². The molecule has 2 N–H and O–H groups in total. The minimum Gasteiger partial charge on any atom is -0.504 e. The zero-order chi connectivity index (χ0) is 12.5. The number of pyridine rings is 1. The summed E-state index contributed by atoms with van der Waals surface area (Å²) in [6.45, 7) is 0. The van der Waals surface area contributed by atoms with Crippen molar-refractivity contribution in [2.45, 2.75) is 37.9 Å². The summed E-state index contributed by atoms with van der Waals surface area (Å²) in [7, 11) is 0. The number of aromatic hydroxyl groups is 1. The van der Waals surface area contributed by atoms with Gasteiger partial charge in [-0.05, 0) is 37.3 Å². The molecule has 1 aromatic rings. The molecular weight excluding hydrogens is 232 g/mol. The second-order valence-electron chi connectivity index (χ2n) is 4.99. The van der Waals surface area contributed by atoms with Crippen LogP contribution in [-0.4, -0.2) is 28.2 Å². The molecule has 2 aliphatic rings. The van der Waals surface area contributed by atoms with Gasteiger partial charge in [-0.3, -0.25) is 4.79 Å². The molecule has 2 fully saturated rings. The van der Waals surface area contributed by atoms with Crippen LogP contribution in [0.4, 0.5) is 5.82 Å². The summed E-state index contributed by atoms with van der Waals surface area (Å²) in [5, 5.41) is 12.2. The van der Waals surface area contributed by atoms with Gasteiger partial charge in [0.25, 0.3) is 0 Å². The number of aromatic nitrogens is 1. The van der Waals surface area contributed by atoms with Gasteiger partial charge in [0.15, 0.2) is 11.6 Å². The Morgan fingerprint density at radius 3 is 3.11 bits per heavy atom. The molecule has 0 aromatic carbocycles. The van der Waals surface area contributed by atoms with E-state index in [-0.39, 0.29) is 23.6 Å². The topological polar surface area (TPSA) is 71.5 Å². The van der Waals surface area contributed by atoms with Gasteiger partial charge in [-0.25, -0.2) is 4.98 Å². The summed E-state index contributed by atoms with van der Waals surface area (Å²) in [5.74, 6) is 0.432. The molecule has 3 unspecified atom stereocenters. The Kier molecular flexibility index (Phi) is 2.91. The van der Waals surface area contributed by atoms with E-state index in [4.69, 9.17) is 4.74 Å². The Morgan fingerprint density at radius 1 is 1.56 bits per heavy atom. The van der Waals surface area contributed by atoms with Gasteiger partial charge in [-0.15, -0.1) is 0 Å². The van der Waals surface area contributed by atoms with Crippen LogP contribution in [0.25, 0.3) is 0 Å². The molecule has 2 saturated heterocycles. The fraction of sp³-hybridized carbons (Fsp3) is 0.538. The standard InChI is InChI=1S/C13H16N2O3/c16-10-2-1-5-14-13(10)15-12(17)7-8-6-9-3-4-11(8)18-9/h1-2,5,8-9,11,16H,3-4,6-7H2,(H,14,15,17). The van der Waals surface area contributed by atoms with E-state index in [1.165, 1.54) is 12.3 Å². The Morgan fingerprint density at radius 2 is 2.44 bits per heavy atom. The summed E-state index contributed by atoms with van der Waals surface area (Å²) in [5.41, 5.74) is 0. The molecule has 96 valence electrons. The number of hydrogen-bond donors (Lipinski definition) is 2. The highest BCUT2D eigenvalue weighted by Crippen LogP contribution is 2.40. The highest BCUT2D eigenvalue weighted by atomic mass is 16.5. The number of anilines is 1. The van der Waals surface area contributed by atoms with Gasteiger partial charge in [-0.1, -0.05) is 0 Å². The SMILES string of the molecule is O=C(CC1CC2CCC1O2)Nc1ncccc1O. The minimum atomic E-state index is -0.106. The number of ether oxygens (including phenoxy) is 1. The van der Waals surface area contributed by atoms with Crippen molar-refractivity contribution >= 4 is 11.7 Å². The lowest BCUT2D eigenvalue weighted by Gasteiger charge is -2.17. The highest BCUT2D eigenvalue weighted by molar-refractivity contribution is 5.91. The zero-order valence-corrected chi connectivity index (χ0v) is 10.0. The number of carbonyl (C=O) groups is 1. The third kappa shape index (κ3) is 2.18. The van der Waals surface area contributed by atoms with Gasteiger partial charge in [0.1, 0.15) is 0 Å². The fourth-order valence-corrected chi connectivity index (χ4v) is 2.87. The minimum absolute atomic E-state index is 0.00459. The lowest BCUT2D eigenvalue weighted by atomic mass is 9.87. The molecule has 3 atom stereocenters. The maximum atomic E-state index is 11.9. The van der Waals surface area contributed by atoms with Crippen LogP contribution in [0.1, 0.15) is 25.7 Å². The lowest BCUT2D eigenvalue weighted by Crippen LogP contribution is -2.23. The Hall–Kier alpha value is -1.62. The van der Waals surface area contributed by atoms with E-state index in [9.17, 15) is 9.90 Å². The number of nitrogens with zero attached hydrogens (tertiary/aromatic N) is 1. The third-order valence-electron chi connectivity index (χ3n) is 3.72. The second kappa shape index (κ2) is 4.57. The van der Waals surface area contributed by atoms with Crippen LogP contribution in [-0.2, 0) is 9.53 Å². The number of carbonyl (C=O) groups excluding carboxylic acids is 1. The first-order valence-corrected chi connectivity index (χ1v) is 6.31. The summed E-state index contributed by atoms with van der Waals surface area (Å²) in [6, 6.07) is 3.12. The lowest BCUT2D eigenvalue weighted by molar-refractivity contribution is -0.117. The van der Waals surface area contributed by atoms with E-state index in [0.29, 0.717) is 18.4 Å². The molecule has 3 heterocycles. The molecule has 18 heavy (non-hydrogen) atoms. The number of fused-ring (bicyclic) bond motifs is 2. The Labute approximate surface area is 105 Å². The predicted octanol–water partition coefficient (Wildman–Crippen LogP) is 1.68. The van der Waals surface area contributed by atoms with Crippen LogP contribution in [0.5, 0.6) is 5.75 Å². The normalized spacial score (nSPS) is 29.4. The molecule has 2 aliphatic heterocycles. The molecule has 0 saturated carbocycles. The number of amides is 1. The van der Waals surface area contributed by atoms with Gasteiger partial charge in [0.05, 0.1) is 12.2 Å². The average Bonchev–Trinajstić information content (AvgIpc) is 2.94. The van der Waals surface area contributed by atoms with Crippen molar-refractivity contribution in [3.05, 3.63) is 18.3 Å². The first kappa shape index (κ1) is 11.5. The van der Waals surface area contributed by atoms with E-state index in [1.807, 2.05) is 0 Å². The summed E-state index contributed by atoms with van der Waals surface area (Å²) < 4.78 is 5.71. The van der Waals surface area contributed by atoms with E-state index >= 15 is 0 Å². The molecule has 0 aliphatic carbocycles. The number of hydrogen-bond acceptors (Lipinski definition) is 4. The van der Waals surface area contributed by atoms with Crippen LogP contribution in [0.15, 0.2) is 18.3 Å². The molecule has 5 heteroatoms. The Balaban J connectivity index is 1.58. The van der Waals surface area contributed by atoms with Crippen LogP contribution in [0, 0.1) is 5.92 Å². The second-order valence-corrected chi connectivity index (χ2v) is 4.99. The highest BCUT2D eigenvalue weighted by Gasteiger charge is 2.41. The smallest absolute Gasteiger partial charge is 0.226 e. The molecule has 1 aromatic heterocycles. The number of rotatable bonds is 3. The van der Waals surface area contributed by atoms with Gasteiger partial charge in [-0.2, -0.15) is 0 Å². The molecule has 5 nitrogen and oxygen atoms in total. The van der Waals surface area contributed by atoms with Crippen LogP contribution >= 0.6 is 0 Å².